The molecule has 2 heterocycles. The maximum atomic E-state index is 11.0. The van der Waals surface area contributed by atoms with Crippen LogP contribution in [0.5, 0.6) is 0 Å². The molecule has 0 saturated carbocycles. The van der Waals surface area contributed by atoms with Crippen molar-refractivity contribution in [3.63, 3.8) is 0 Å². The van der Waals surface area contributed by atoms with Crippen LogP contribution in [-0.4, -0.2) is 28.0 Å². The Bertz CT molecular complexity index is 634. The Balaban J connectivity index is 2.05. The number of hydrogen-bond donors (Lipinski definition) is 2. The van der Waals surface area contributed by atoms with Gasteiger partial charge in [-0.05, 0) is 25.5 Å². The standard InChI is InChI=1S/C12H14ClN5O2S/c1-2-14-12-16-7-9(18(19)20)11(17-12)15-6-5-8-3-4-10(13)21-8/h3-4,7H,2,5-6H2,1H3,(H2,14,15,16,17). The van der Waals surface area contributed by atoms with Crippen molar-refractivity contribution in [1.82, 2.24) is 9.97 Å². The number of anilines is 2. The molecule has 0 bridgehead atoms. The van der Waals surface area contributed by atoms with Crippen LogP contribution in [0.1, 0.15) is 11.8 Å². The summed E-state index contributed by atoms with van der Waals surface area (Å²) in [6.07, 6.45) is 1.92. The molecule has 0 spiro atoms. The Morgan fingerprint density at radius 1 is 1.43 bits per heavy atom. The first-order valence-electron chi connectivity index (χ1n) is 6.33. The van der Waals surface area contributed by atoms with Crippen LogP contribution in [0.2, 0.25) is 4.34 Å². The molecule has 0 atom stereocenters. The van der Waals surface area contributed by atoms with Gasteiger partial charge in [-0.25, -0.2) is 4.98 Å². The molecule has 2 N–H and O–H groups in total. The number of nitrogens with one attached hydrogen (secondary N) is 2. The average molecular weight is 328 g/mol. The van der Waals surface area contributed by atoms with Gasteiger partial charge in [-0.1, -0.05) is 11.6 Å². The summed E-state index contributed by atoms with van der Waals surface area (Å²) < 4.78 is 0.729. The van der Waals surface area contributed by atoms with Crippen molar-refractivity contribution < 1.29 is 4.92 Å². The van der Waals surface area contributed by atoms with Gasteiger partial charge in [0.2, 0.25) is 11.8 Å². The smallest absolute Gasteiger partial charge is 0.329 e. The maximum Gasteiger partial charge on any atom is 0.329 e. The Morgan fingerprint density at radius 2 is 2.24 bits per heavy atom. The Labute approximate surface area is 130 Å². The second-order valence-corrected chi connectivity index (χ2v) is 5.90. The molecule has 2 rings (SSSR count). The van der Waals surface area contributed by atoms with E-state index in [1.807, 2.05) is 19.1 Å². The summed E-state index contributed by atoms with van der Waals surface area (Å²) in [5, 5.41) is 16.9. The molecule has 0 aromatic carbocycles. The number of halogens is 1. The minimum Gasteiger partial charge on any atom is -0.364 e. The summed E-state index contributed by atoms with van der Waals surface area (Å²) in [6.45, 7) is 3.07. The highest BCUT2D eigenvalue weighted by Crippen LogP contribution is 2.24. The lowest BCUT2D eigenvalue weighted by molar-refractivity contribution is -0.384. The van der Waals surface area contributed by atoms with E-state index in [4.69, 9.17) is 11.6 Å². The first-order valence-corrected chi connectivity index (χ1v) is 7.53. The van der Waals surface area contributed by atoms with Gasteiger partial charge in [0, 0.05) is 18.0 Å². The molecule has 0 radical (unpaired) electrons. The minimum atomic E-state index is -0.500. The van der Waals surface area contributed by atoms with E-state index in [9.17, 15) is 10.1 Å². The van der Waals surface area contributed by atoms with Gasteiger partial charge in [-0.15, -0.1) is 11.3 Å². The summed E-state index contributed by atoms with van der Waals surface area (Å²) in [5.74, 6) is 0.582. The van der Waals surface area contributed by atoms with Crippen molar-refractivity contribution in [1.29, 1.82) is 0 Å². The van der Waals surface area contributed by atoms with Crippen molar-refractivity contribution in [3.05, 3.63) is 37.7 Å². The highest BCUT2D eigenvalue weighted by molar-refractivity contribution is 7.16. The zero-order valence-corrected chi connectivity index (χ0v) is 12.9. The minimum absolute atomic E-state index is 0.138. The number of nitrogens with zero attached hydrogens (tertiary/aromatic N) is 3. The number of aromatic nitrogens is 2. The molecular formula is C12H14ClN5O2S. The van der Waals surface area contributed by atoms with Gasteiger partial charge in [0.25, 0.3) is 0 Å². The normalized spacial score (nSPS) is 10.4. The highest BCUT2D eigenvalue weighted by atomic mass is 35.5. The van der Waals surface area contributed by atoms with Crippen LogP contribution in [-0.2, 0) is 6.42 Å². The summed E-state index contributed by atoms with van der Waals surface area (Å²) >= 11 is 7.35. The third-order valence-corrected chi connectivity index (χ3v) is 3.88. The molecule has 0 fully saturated rings. The van der Waals surface area contributed by atoms with Crippen LogP contribution in [0.3, 0.4) is 0 Å². The molecular weight excluding hydrogens is 314 g/mol. The lowest BCUT2D eigenvalue weighted by atomic mass is 10.3. The second kappa shape index (κ2) is 7.19. The topological polar surface area (TPSA) is 93.0 Å². The second-order valence-electron chi connectivity index (χ2n) is 4.10. The third kappa shape index (κ3) is 4.27. The molecule has 2 aromatic heterocycles. The Hall–Kier alpha value is -1.93. The van der Waals surface area contributed by atoms with E-state index in [1.165, 1.54) is 17.5 Å². The monoisotopic (exact) mass is 327 g/mol. The van der Waals surface area contributed by atoms with Gasteiger partial charge < -0.3 is 10.6 Å². The quantitative estimate of drug-likeness (QED) is 0.599. The molecule has 7 nitrogen and oxygen atoms in total. The van der Waals surface area contributed by atoms with Crippen molar-refractivity contribution in [3.8, 4) is 0 Å². The van der Waals surface area contributed by atoms with Crippen molar-refractivity contribution in [2.75, 3.05) is 23.7 Å². The van der Waals surface area contributed by atoms with Gasteiger partial charge in [-0.2, -0.15) is 4.98 Å². The molecule has 0 aliphatic heterocycles. The van der Waals surface area contributed by atoms with E-state index in [-0.39, 0.29) is 11.5 Å². The zero-order chi connectivity index (χ0) is 15.2. The maximum absolute atomic E-state index is 11.0. The molecule has 112 valence electrons. The van der Waals surface area contributed by atoms with Crippen LogP contribution in [0, 0.1) is 10.1 Å². The van der Waals surface area contributed by atoms with Crippen molar-refractivity contribution in [2.45, 2.75) is 13.3 Å². The van der Waals surface area contributed by atoms with Crippen molar-refractivity contribution in [2.24, 2.45) is 0 Å². The molecule has 0 aliphatic rings. The zero-order valence-electron chi connectivity index (χ0n) is 11.3. The fourth-order valence-corrected chi connectivity index (χ4v) is 2.76. The molecule has 9 heteroatoms. The summed E-state index contributed by atoms with van der Waals surface area (Å²) in [5.41, 5.74) is -0.138. The van der Waals surface area contributed by atoms with Crippen LogP contribution in [0.4, 0.5) is 17.5 Å². The van der Waals surface area contributed by atoms with E-state index in [0.29, 0.717) is 19.0 Å². The SMILES string of the molecule is CCNc1ncc([N+](=O)[O-])c(NCCc2ccc(Cl)s2)n1. The van der Waals surface area contributed by atoms with Gasteiger partial charge in [0.15, 0.2) is 0 Å². The summed E-state index contributed by atoms with van der Waals surface area (Å²) in [7, 11) is 0. The summed E-state index contributed by atoms with van der Waals surface area (Å²) in [6, 6.07) is 3.77. The van der Waals surface area contributed by atoms with E-state index in [1.54, 1.807) is 0 Å². The van der Waals surface area contributed by atoms with Crippen LogP contribution in [0.15, 0.2) is 18.3 Å². The molecule has 0 saturated heterocycles. The predicted molar refractivity (Wildman–Crippen MR) is 84.4 cm³/mol. The fourth-order valence-electron chi connectivity index (χ4n) is 1.67. The van der Waals surface area contributed by atoms with Gasteiger partial charge in [0.1, 0.15) is 6.20 Å². The van der Waals surface area contributed by atoms with E-state index in [2.05, 4.69) is 20.6 Å². The third-order valence-electron chi connectivity index (χ3n) is 2.59. The largest absolute Gasteiger partial charge is 0.364 e. The van der Waals surface area contributed by atoms with Crippen LogP contribution >= 0.6 is 22.9 Å². The molecule has 2 aromatic rings. The molecule has 0 aliphatic carbocycles. The highest BCUT2D eigenvalue weighted by Gasteiger charge is 2.16. The van der Waals surface area contributed by atoms with E-state index < -0.39 is 4.92 Å². The molecule has 21 heavy (non-hydrogen) atoms. The number of nitro groups is 1. The Morgan fingerprint density at radius 3 is 2.86 bits per heavy atom. The van der Waals surface area contributed by atoms with Crippen molar-refractivity contribution >= 4 is 40.4 Å². The lowest BCUT2D eigenvalue weighted by Gasteiger charge is -2.07. The predicted octanol–water partition coefficient (Wildman–Crippen LogP) is 3.19. The first-order chi connectivity index (χ1) is 10.1. The van der Waals surface area contributed by atoms with Crippen LogP contribution in [0.25, 0.3) is 0 Å². The summed E-state index contributed by atoms with van der Waals surface area (Å²) in [4.78, 5) is 19.6. The number of hydrogen-bond acceptors (Lipinski definition) is 7. The van der Waals surface area contributed by atoms with Gasteiger partial charge >= 0.3 is 5.69 Å². The van der Waals surface area contributed by atoms with E-state index >= 15 is 0 Å². The molecule has 0 unspecified atom stereocenters. The molecule has 0 amide bonds. The van der Waals surface area contributed by atoms with Gasteiger partial charge in [-0.3, -0.25) is 10.1 Å². The lowest BCUT2D eigenvalue weighted by Crippen LogP contribution is -2.11. The van der Waals surface area contributed by atoms with Crippen LogP contribution < -0.4 is 10.6 Å². The number of rotatable bonds is 7. The Kier molecular flexibility index (Phi) is 5.29. The average Bonchev–Trinajstić information content (AvgIpc) is 2.85. The van der Waals surface area contributed by atoms with E-state index in [0.717, 1.165) is 15.6 Å². The first kappa shape index (κ1) is 15.5. The fraction of sp³-hybridized carbons (Fsp3) is 0.333. The van der Waals surface area contributed by atoms with Gasteiger partial charge in [0.05, 0.1) is 9.26 Å². The number of thiophene rings is 1.